The molecule has 0 bridgehead atoms. The predicted molar refractivity (Wildman–Crippen MR) is 195 cm³/mol. The van der Waals surface area contributed by atoms with Crippen LogP contribution in [-0.2, 0) is 0 Å². The molecule has 7 aromatic carbocycles. The molecule has 0 atom stereocenters. The van der Waals surface area contributed by atoms with Crippen LogP contribution in [0.5, 0.6) is 0 Å². The van der Waals surface area contributed by atoms with Crippen LogP contribution in [0.1, 0.15) is 11.1 Å². The van der Waals surface area contributed by atoms with Gasteiger partial charge >= 0.3 is 0 Å². The van der Waals surface area contributed by atoms with Crippen LogP contribution >= 0.6 is 0 Å². The van der Waals surface area contributed by atoms with Crippen molar-refractivity contribution in [2.24, 2.45) is 0 Å². The Hall–Kier alpha value is -6.88. The monoisotopic (exact) mass is 610 g/mol. The van der Waals surface area contributed by atoms with Crippen molar-refractivity contribution in [1.29, 1.82) is 10.5 Å². The standard InChI is InChI=1S/C44H26N4/c45-27-31-13-7-14-32(28-46)43(31)39-21-10-20-38-37-19-3-6-24-42(37)48(44(38)39)34-16-9-12-30(26-34)29-11-8-15-33(25-29)47-40-22-4-1-17-35(40)36-18-2-5-23-41(36)47/h1-26H. The van der Waals surface area contributed by atoms with Gasteiger partial charge in [0.1, 0.15) is 0 Å². The van der Waals surface area contributed by atoms with Crippen LogP contribution in [0.3, 0.4) is 0 Å². The number of aromatic nitrogens is 2. The molecule has 0 aliphatic rings. The maximum atomic E-state index is 10.1. The van der Waals surface area contributed by atoms with Gasteiger partial charge in [-0.15, -0.1) is 0 Å². The van der Waals surface area contributed by atoms with Crippen LogP contribution in [0.15, 0.2) is 158 Å². The highest BCUT2D eigenvalue weighted by Gasteiger charge is 2.20. The Bertz CT molecular complexity index is 2730. The second-order valence-electron chi connectivity index (χ2n) is 12.0. The quantitative estimate of drug-likeness (QED) is 0.199. The normalized spacial score (nSPS) is 11.3. The van der Waals surface area contributed by atoms with Crippen molar-refractivity contribution in [2.75, 3.05) is 0 Å². The highest BCUT2D eigenvalue weighted by molar-refractivity contribution is 6.14. The minimum Gasteiger partial charge on any atom is -0.309 e. The summed E-state index contributed by atoms with van der Waals surface area (Å²) in [6.45, 7) is 0. The number of rotatable bonds is 4. The topological polar surface area (TPSA) is 57.4 Å². The maximum absolute atomic E-state index is 10.1. The summed E-state index contributed by atoms with van der Waals surface area (Å²) in [6, 6.07) is 59.0. The summed E-state index contributed by atoms with van der Waals surface area (Å²) in [5.41, 5.74) is 11.2. The minimum atomic E-state index is 0.481. The Balaban J connectivity index is 1.27. The van der Waals surface area contributed by atoms with E-state index >= 15 is 0 Å². The van der Waals surface area contributed by atoms with Gasteiger partial charge in [-0.05, 0) is 65.7 Å². The Morgan fingerprint density at radius 3 is 1.40 bits per heavy atom. The van der Waals surface area contributed by atoms with Crippen LogP contribution in [0.4, 0.5) is 0 Å². The summed E-state index contributed by atoms with van der Waals surface area (Å²) in [6.07, 6.45) is 0. The Morgan fingerprint density at radius 2 is 0.833 bits per heavy atom. The van der Waals surface area contributed by atoms with Gasteiger partial charge in [0.2, 0.25) is 0 Å². The fourth-order valence-electron chi connectivity index (χ4n) is 7.37. The molecule has 2 heterocycles. The Kier molecular flexibility index (Phi) is 6.22. The van der Waals surface area contributed by atoms with Crippen molar-refractivity contribution in [2.45, 2.75) is 0 Å². The minimum absolute atomic E-state index is 0.481. The van der Waals surface area contributed by atoms with E-state index in [4.69, 9.17) is 0 Å². The second kappa shape index (κ2) is 10.9. The Morgan fingerprint density at radius 1 is 0.396 bits per heavy atom. The van der Waals surface area contributed by atoms with Crippen molar-refractivity contribution in [3.63, 3.8) is 0 Å². The van der Waals surface area contributed by atoms with E-state index in [1.165, 1.54) is 21.8 Å². The van der Waals surface area contributed by atoms with Gasteiger partial charge in [-0.2, -0.15) is 10.5 Å². The van der Waals surface area contributed by atoms with Crippen LogP contribution in [0.2, 0.25) is 0 Å². The molecule has 0 amide bonds. The average molecular weight is 611 g/mol. The van der Waals surface area contributed by atoms with Crippen molar-refractivity contribution in [3.8, 4) is 45.8 Å². The molecule has 222 valence electrons. The number of nitriles is 2. The number of benzene rings is 7. The van der Waals surface area contributed by atoms with Gasteiger partial charge in [-0.1, -0.05) is 103 Å². The molecule has 0 unspecified atom stereocenters. The molecule has 4 nitrogen and oxygen atoms in total. The predicted octanol–water partition coefficient (Wildman–Crippen LogP) is 11.0. The SMILES string of the molecule is N#Cc1cccc(C#N)c1-c1cccc2c3ccccc3n(-c3cccc(-c4cccc(-n5c6ccccc6c6ccccc65)c4)c3)c12. The third-order valence-electron chi connectivity index (χ3n) is 9.39. The van der Waals surface area contributed by atoms with E-state index in [-0.39, 0.29) is 0 Å². The number of para-hydroxylation sites is 4. The second-order valence-corrected chi connectivity index (χ2v) is 12.0. The lowest BCUT2D eigenvalue weighted by Crippen LogP contribution is -1.98. The zero-order valence-electron chi connectivity index (χ0n) is 25.8. The lowest BCUT2D eigenvalue weighted by Gasteiger charge is -2.15. The van der Waals surface area contributed by atoms with E-state index in [9.17, 15) is 10.5 Å². The van der Waals surface area contributed by atoms with Gasteiger partial charge in [-0.25, -0.2) is 0 Å². The first kappa shape index (κ1) is 27.4. The Labute approximate surface area is 277 Å². The molecule has 0 radical (unpaired) electrons. The third-order valence-corrected chi connectivity index (χ3v) is 9.39. The fourth-order valence-corrected chi connectivity index (χ4v) is 7.37. The third kappa shape index (κ3) is 4.07. The molecule has 0 fully saturated rings. The first-order valence-electron chi connectivity index (χ1n) is 15.9. The molecule has 0 spiro atoms. The summed E-state index contributed by atoms with van der Waals surface area (Å²) in [5, 5.41) is 24.9. The lowest BCUT2D eigenvalue weighted by atomic mass is 9.93. The smallest absolute Gasteiger partial charge is 0.0998 e. The zero-order valence-corrected chi connectivity index (χ0v) is 25.8. The van der Waals surface area contributed by atoms with Gasteiger partial charge < -0.3 is 9.13 Å². The van der Waals surface area contributed by atoms with Crippen LogP contribution in [-0.4, -0.2) is 9.13 Å². The molecule has 0 aliphatic heterocycles. The molecule has 0 saturated heterocycles. The number of hydrogen-bond donors (Lipinski definition) is 0. The van der Waals surface area contributed by atoms with Gasteiger partial charge in [0.05, 0.1) is 45.3 Å². The first-order valence-corrected chi connectivity index (χ1v) is 15.9. The highest BCUT2D eigenvalue weighted by atomic mass is 15.0. The van der Waals surface area contributed by atoms with Crippen LogP contribution in [0.25, 0.3) is 77.2 Å². The van der Waals surface area contributed by atoms with E-state index in [0.29, 0.717) is 16.7 Å². The molecule has 0 N–H and O–H groups in total. The zero-order chi connectivity index (χ0) is 32.2. The van der Waals surface area contributed by atoms with Crippen molar-refractivity contribution in [1.82, 2.24) is 9.13 Å². The van der Waals surface area contributed by atoms with Gasteiger partial charge in [0.15, 0.2) is 0 Å². The summed E-state index contributed by atoms with van der Waals surface area (Å²) in [4.78, 5) is 0. The molecule has 9 rings (SSSR count). The molecular weight excluding hydrogens is 585 g/mol. The summed E-state index contributed by atoms with van der Waals surface area (Å²) in [5.74, 6) is 0. The molecule has 0 saturated carbocycles. The van der Waals surface area contributed by atoms with Crippen LogP contribution in [0, 0.1) is 22.7 Å². The van der Waals surface area contributed by atoms with Crippen molar-refractivity contribution in [3.05, 3.63) is 169 Å². The largest absolute Gasteiger partial charge is 0.309 e. The average Bonchev–Trinajstić information content (AvgIpc) is 3.68. The number of hydrogen-bond acceptors (Lipinski definition) is 2. The summed E-state index contributed by atoms with van der Waals surface area (Å²) < 4.78 is 4.62. The molecule has 9 aromatic rings. The van der Waals surface area contributed by atoms with Crippen molar-refractivity contribution < 1.29 is 0 Å². The maximum Gasteiger partial charge on any atom is 0.0998 e. The summed E-state index contributed by atoms with van der Waals surface area (Å²) >= 11 is 0. The fraction of sp³-hybridized carbons (Fsp3) is 0. The van der Waals surface area contributed by atoms with Crippen LogP contribution < -0.4 is 0 Å². The first-order chi connectivity index (χ1) is 23.7. The summed E-state index contributed by atoms with van der Waals surface area (Å²) in [7, 11) is 0. The number of nitrogens with zero attached hydrogens (tertiary/aromatic N) is 4. The van der Waals surface area contributed by atoms with Gasteiger partial charge in [0, 0.05) is 44.0 Å². The van der Waals surface area contributed by atoms with E-state index in [2.05, 4.69) is 149 Å². The lowest BCUT2D eigenvalue weighted by molar-refractivity contribution is 1.17. The molecule has 48 heavy (non-hydrogen) atoms. The van der Waals surface area contributed by atoms with E-state index < -0.39 is 0 Å². The molecule has 0 aliphatic carbocycles. The van der Waals surface area contributed by atoms with Crippen molar-refractivity contribution >= 4 is 43.6 Å². The highest BCUT2D eigenvalue weighted by Crippen LogP contribution is 2.41. The van der Waals surface area contributed by atoms with E-state index in [0.717, 1.165) is 49.9 Å². The molecular formula is C44H26N4. The van der Waals surface area contributed by atoms with E-state index in [1.807, 2.05) is 12.1 Å². The van der Waals surface area contributed by atoms with Gasteiger partial charge in [-0.3, -0.25) is 0 Å². The number of fused-ring (bicyclic) bond motifs is 6. The molecule has 2 aromatic heterocycles. The molecule has 4 heteroatoms. The van der Waals surface area contributed by atoms with Gasteiger partial charge in [0.25, 0.3) is 0 Å². The van der Waals surface area contributed by atoms with E-state index in [1.54, 1.807) is 18.2 Å².